The van der Waals surface area contributed by atoms with Crippen LogP contribution in [0.15, 0.2) is 18.2 Å². The zero-order chi connectivity index (χ0) is 18.0. The Bertz CT molecular complexity index is 771. The Morgan fingerprint density at radius 2 is 2.19 bits per heavy atom. The van der Waals surface area contributed by atoms with Crippen LogP contribution in [0.25, 0.3) is 5.82 Å². The number of carbonyl (C=O) groups excluding carboxylic acids is 1. The highest BCUT2D eigenvalue weighted by atomic mass is 35.5. The Kier molecular flexibility index (Phi) is 7.03. The SMILES string of the molecule is CCCN(C(=O)c1nc(-n2nc(C)cc2C)ccc1Cl)C1CCNC1.Cl. The maximum atomic E-state index is 13.1. The van der Waals surface area contributed by atoms with Crippen LogP contribution in [0.2, 0.25) is 5.02 Å². The van der Waals surface area contributed by atoms with Gasteiger partial charge in [-0.25, -0.2) is 9.67 Å². The normalized spacial score (nSPS) is 16.4. The van der Waals surface area contributed by atoms with Gasteiger partial charge in [-0.3, -0.25) is 4.79 Å². The van der Waals surface area contributed by atoms with Crippen molar-refractivity contribution in [2.75, 3.05) is 19.6 Å². The maximum Gasteiger partial charge on any atom is 0.274 e. The second-order valence-corrected chi connectivity index (χ2v) is 6.89. The second kappa shape index (κ2) is 8.84. The van der Waals surface area contributed by atoms with E-state index in [9.17, 15) is 4.79 Å². The van der Waals surface area contributed by atoms with Gasteiger partial charge in [-0.1, -0.05) is 18.5 Å². The number of carbonyl (C=O) groups is 1. The topological polar surface area (TPSA) is 63.1 Å². The van der Waals surface area contributed by atoms with E-state index in [1.165, 1.54) is 0 Å². The Labute approximate surface area is 165 Å². The number of aromatic nitrogens is 3. The van der Waals surface area contributed by atoms with Gasteiger partial charge in [0, 0.05) is 24.8 Å². The number of halogens is 2. The van der Waals surface area contributed by atoms with E-state index < -0.39 is 0 Å². The molecule has 1 N–H and O–H groups in total. The maximum absolute atomic E-state index is 13.1. The minimum absolute atomic E-state index is 0. The standard InChI is InChI=1S/C18H24ClN5O.ClH/c1-4-9-23(14-7-8-20-11-14)18(25)17-15(19)5-6-16(21-17)24-13(3)10-12(2)22-24;/h5-6,10,14,20H,4,7-9,11H2,1-3H3;1H. The fourth-order valence-electron chi connectivity index (χ4n) is 3.29. The summed E-state index contributed by atoms with van der Waals surface area (Å²) < 4.78 is 1.74. The Morgan fingerprint density at radius 1 is 1.42 bits per heavy atom. The Hall–Kier alpha value is -1.63. The second-order valence-electron chi connectivity index (χ2n) is 6.48. The number of aryl methyl sites for hydroxylation is 2. The molecule has 2 aromatic rings. The van der Waals surface area contributed by atoms with Crippen LogP contribution in [-0.4, -0.2) is 51.2 Å². The van der Waals surface area contributed by atoms with Crippen molar-refractivity contribution >= 4 is 29.9 Å². The van der Waals surface area contributed by atoms with Crippen molar-refractivity contribution in [1.82, 2.24) is 25.0 Å². The van der Waals surface area contributed by atoms with Crippen molar-refractivity contribution in [3.63, 3.8) is 0 Å². The molecular formula is C18H25Cl2N5O. The monoisotopic (exact) mass is 397 g/mol. The van der Waals surface area contributed by atoms with Gasteiger partial charge in [0.05, 0.1) is 10.7 Å². The van der Waals surface area contributed by atoms with Crippen LogP contribution in [0, 0.1) is 13.8 Å². The van der Waals surface area contributed by atoms with Gasteiger partial charge in [-0.2, -0.15) is 5.10 Å². The van der Waals surface area contributed by atoms with E-state index in [2.05, 4.69) is 22.3 Å². The van der Waals surface area contributed by atoms with Crippen molar-refractivity contribution in [2.24, 2.45) is 0 Å². The molecule has 26 heavy (non-hydrogen) atoms. The first kappa shape index (κ1) is 20.7. The van der Waals surface area contributed by atoms with Gasteiger partial charge in [0.2, 0.25) is 0 Å². The molecule has 2 aromatic heterocycles. The van der Waals surface area contributed by atoms with Crippen molar-refractivity contribution < 1.29 is 4.79 Å². The predicted octanol–water partition coefficient (Wildman–Crippen LogP) is 3.17. The van der Waals surface area contributed by atoms with E-state index in [4.69, 9.17) is 11.6 Å². The third kappa shape index (κ3) is 4.19. The lowest BCUT2D eigenvalue weighted by molar-refractivity contribution is 0.0686. The lowest BCUT2D eigenvalue weighted by Gasteiger charge is -2.28. The molecule has 0 aromatic carbocycles. The summed E-state index contributed by atoms with van der Waals surface area (Å²) in [6.45, 7) is 8.43. The molecule has 0 spiro atoms. The van der Waals surface area contributed by atoms with Gasteiger partial charge in [0.15, 0.2) is 5.82 Å². The van der Waals surface area contributed by atoms with Crippen LogP contribution in [0.3, 0.4) is 0 Å². The molecule has 1 saturated heterocycles. The molecule has 3 rings (SSSR count). The lowest BCUT2D eigenvalue weighted by Crippen LogP contribution is -2.42. The highest BCUT2D eigenvalue weighted by molar-refractivity contribution is 6.33. The fourth-order valence-corrected chi connectivity index (χ4v) is 3.48. The van der Waals surface area contributed by atoms with Crippen molar-refractivity contribution in [1.29, 1.82) is 0 Å². The number of amides is 1. The fraction of sp³-hybridized carbons (Fsp3) is 0.500. The summed E-state index contributed by atoms with van der Waals surface area (Å²) in [6.07, 6.45) is 1.86. The summed E-state index contributed by atoms with van der Waals surface area (Å²) in [6, 6.07) is 5.69. The summed E-state index contributed by atoms with van der Waals surface area (Å²) in [7, 11) is 0. The third-order valence-electron chi connectivity index (χ3n) is 4.46. The largest absolute Gasteiger partial charge is 0.333 e. The van der Waals surface area contributed by atoms with Crippen LogP contribution >= 0.6 is 24.0 Å². The molecule has 0 radical (unpaired) electrons. The molecule has 8 heteroatoms. The first-order valence-corrected chi connectivity index (χ1v) is 9.11. The first-order chi connectivity index (χ1) is 12.0. The molecule has 0 aliphatic carbocycles. The zero-order valence-corrected chi connectivity index (χ0v) is 16.9. The highest BCUT2D eigenvalue weighted by Crippen LogP contribution is 2.21. The van der Waals surface area contributed by atoms with Crippen LogP contribution in [0.4, 0.5) is 0 Å². The number of rotatable bonds is 5. The molecule has 0 saturated carbocycles. The molecule has 142 valence electrons. The zero-order valence-electron chi connectivity index (χ0n) is 15.3. The Morgan fingerprint density at radius 3 is 2.77 bits per heavy atom. The molecule has 1 amide bonds. The van der Waals surface area contributed by atoms with Gasteiger partial charge in [0.25, 0.3) is 5.91 Å². The summed E-state index contributed by atoms with van der Waals surface area (Å²) in [4.78, 5) is 19.6. The van der Waals surface area contributed by atoms with Gasteiger partial charge in [-0.05, 0) is 51.4 Å². The van der Waals surface area contributed by atoms with E-state index in [1.54, 1.807) is 16.8 Å². The molecule has 1 aliphatic heterocycles. The van der Waals surface area contributed by atoms with Gasteiger partial charge < -0.3 is 10.2 Å². The molecule has 1 aliphatic rings. The van der Waals surface area contributed by atoms with Crippen LogP contribution in [-0.2, 0) is 0 Å². The molecule has 3 heterocycles. The van der Waals surface area contributed by atoms with E-state index >= 15 is 0 Å². The van der Waals surface area contributed by atoms with Crippen molar-refractivity contribution in [3.8, 4) is 5.82 Å². The molecule has 1 fully saturated rings. The van der Waals surface area contributed by atoms with Crippen LogP contribution in [0.1, 0.15) is 41.6 Å². The smallest absolute Gasteiger partial charge is 0.274 e. The van der Waals surface area contributed by atoms with E-state index in [0.29, 0.717) is 23.1 Å². The van der Waals surface area contributed by atoms with E-state index in [1.807, 2.05) is 24.8 Å². The average molecular weight is 398 g/mol. The highest BCUT2D eigenvalue weighted by Gasteiger charge is 2.29. The van der Waals surface area contributed by atoms with E-state index in [-0.39, 0.29) is 24.4 Å². The first-order valence-electron chi connectivity index (χ1n) is 8.73. The summed E-state index contributed by atoms with van der Waals surface area (Å²) >= 11 is 6.32. The molecule has 0 bridgehead atoms. The molecule has 1 unspecified atom stereocenters. The predicted molar refractivity (Wildman–Crippen MR) is 106 cm³/mol. The summed E-state index contributed by atoms with van der Waals surface area (Å²) in [5.41, 5.74) is 2.18. The summed E-state index contributed by atoms with van der Waals surface area (Å²) in [5.74, 6) is 0.503. The number of nitrogens with one attached hydrogen (secondary N) is 1. The van der Waals surface area contributed by atoms with Gasteiger partial charge in [-0.15, -0.1) is 12.4 Å². The summed E-state index contributed by atoms with van der Waals surface area (Å²) in [5, 5.41) is 8.14. The minimum atomic E-state index is -0.107. The minimum Gasteiger partial charge on any atom is -0.333 e. The average Bonchev–Trinajstić information content (AvgIpc) is 3.22. The molecule has 6 nitrogen and oxygen atoms in total. The lowest BCUT2D eigenvalue weighted by atomic mass is 10.2. The number of hydrogen-bond donors (Lipinski definition) is 1. The van der Waals surface area contributed by atoms with E-state index in [0.717, 1.165) is 37.3 Å². The Balaban J connectivity index is 0.00000243. The quantitative estimate of drug-likeness (QED) is 0.841. The third-order valence-corrected chi connectivity index (χ3v) is 4.77. The van der Waals surface area contributed by atoms with Crippen LogP contribution in [0.5, 0.6) is 0 Å². The molecular weight excluding hydrogens is 373 g/mol. The number of hydrogen-bond acceptors (Lipinski definition) is 4. The number of nitrogens with zero attached hydrogens (tertiary/aromatic N) is 4. The van der Waals surface area contributed by atoms with Crippen molar-refractivity contribution in [2.45, 2.75) is 39.7 Å². The molecule has 1 atom stereocenters. The van der Waals surface area contributed by atoms with Gasteiger partial charge in [0.1, 0.15) is 5.69 Å². The van der Waals surface area contributed by atoms with Crippen LogP contribution < -0.4 is 5.32 Å². The number of pyridine rings is 1. The van der Waals surface area contributed by atoms with Gasteiger partial charge >= 0.3 is 0 Å². The van der Waals surface area contributed by atoms with Crippen molar-refractivity contribution in [3.05, 3.63) is 40.3 Å².